The van der Waals surface area contributed by atoms with E-state index in [1.165, 1.54) is 18.1 Å². The molecule has 0 unspecified atom stereocenters. The monoisotopic (exact) mass is 528 g/mol. The van der Waals surface area contributed by atoms with Crippen molar-refractivity contribution >= 4 is 40.0 Å². The summed E-state index contributed by atoms with van der Waals surface area (Å²) < 4.78 is 7.35. The number of esters is 1. The van der Waals surface area contributed by atoms with Crippen molar-refractivity contribution in [1.29, 1.82) is 0 Å². The molecule has 0 bridgehead atoms. The van der Waals surface area contributed by atoms with Gasteiger partial charge in [-0.1, -0.05) is 30.0 Å². The minimum Gasteiger partial charge on any atom is -0.427 e. The van der Waals surface area contributed by atoms with Gasteiger partial charge in [0.15, 0.2) is 11.0 Å². The average Bonchev–Trinajstić information content (AvgIpc) is 3.54. The van der Waals surface area contributed by atoms with E-state index in [2.05, 4.69) is 73.1 Å². The first-order valence-corrected chi connectivity index (χ1v) is 14.0. The van der Waals surface area contributed by atoms with Gasteiger partial charge in [0, 0.05) is 29.7 Å². The normalized spacial score (nSPS) is 11.4. The van der Waals surface area contributed by atoms with Gasteiger partial charge in [-0.15, -0.1) is 21.5 Å². The number of ether oxygens (including phenoxy) is 1. The Bertz CT molecular complexity index is 1570. The second-order valence-electron chi connectivity index (χ2n) is 9.28. The summed E-state index contributed by atoms with van der Waals surface area (Å²) in [4.78, 5) is 17.3. The van der Waals surface area contributed by atoms with Crippen LogP contribution in [0.4, 0.5) is 0 Å². The number of fused-ring (bicyclic) bond motifs is 1. The molecule has 0 aliphatic carbocycles. The van der Waals surface area contributed by atoms with E-state index in [1.54, 1.807) is 23.1 Å². The summed E-state index contributed by atoms with van der Waals surface area (Å²) in [6.07, 6.45) is 0. The van der Waals surface area contributed by atoms with Crippen molar-refractivity contribution < 1.29 is 9.53 Å². The molecule has 188 valence electrons. The summed E-state index contributed by atoms with van der Waals surface area (Å²) in [5.41, 5.74) is 6.50. The maximum absolute atomic E-state index is 11.2. The van der Waals surface area contributed by atoms with Crippen molar-refractivity contribution in [2.24, 2.45) is 0 Å². The Hall–Kier alpha value is -3.49. The molecule has 0 amide bonds. The number of nitrogens with zero attached hydrogens (tertiary/aromatic N) is 4. The number of hydrogen-bond acceptors (Lipinski definition) is 7. The number of aryl methyl sites for hydroxylation is 2. The van der Waals surface area contributed by atoms with Crippen molar-refractivity contribution in [3.05, 3.63) is 76.7 Å². The molecular formula is C29H28N4O2S2. The van der Waals surface area contributed by atoms with E-state index in [-0.39, 0.29) is 12.0 Å². The van der Waals surface area contributed by atoms with Crippen LogP contribution in [0, 0.1) is 13.8 Å². The number of hydrogen-bond donors (Lipinski definition) is 0. The van der Waals surface area contributed by atoms with Crippen molar-refractivity contribution in [3.8, 4) is 27.7 Å². The molecule has 5 aromatic rings. The molecule has 3 aromatic heterocycles. The highest BCUT2D eigenvalue weighted by atomic mass is 32.2. The molecule has 0 atom stereocenters. The fourth-order valence-corrected chi connectivity index (χ4v) is 5.92. The molecule has 0 N–H and O–H groups in total. The Morgan fingerprint density at radius 2 is 1.81 bits per heavy atom. The first-order valence-electron chi connectivity index (χ1n) is 12.1. The largest absolute Gasteiger partial charge is 0.427 e. The third-order valence-electron chi connectivity index (χ3n) is 6.17. The number of carbonyl (C=O) groups is 1. The Labute approximate surface area is 224 Å². The van der Waals surface area contributed by atoms with Crippen molar-refractivity contribution in [1.82, 2.24) is 19.7 Å². The predicted octanol–water partition coefficient (Wildman–Crippen LogP) is 7.64. The summed E-state index contributed by atoms with van der Waals surface area (Å²) >= 11 is 3.33. The highest BCUT2D eigenvalue weighted by molar-refractivity contribution is 7.98. The standard InChI is InChI=1S/C29H28N4O2S2/c1-17(2)33-28(31-32-29(33)37-16-21-8-10-22(11-9-21)35-20(5)34)24-15-26(27-7-6-12-36-27)30-25-14-19(4)18(3)13-23(24)25/h6-15,17H,16H2,1-5H3. The van der Waals surface area contributed by atoms with Crippen LogP contribution in [-0.4, -0.2) is 25.7 Å². The lowest BCUT2D eigenvalue weighted by Gasteiger charge is -2.16. The van der Waals surface area contributed by atoms with E-state index in [0.29, 0.717) is 5.75 Å². The lowest BCUT2D eigenvalue weighted by atomic mass is 10.0. The van der Waals surface area contributed by atoms with Crippen LogP contribution < -0.4 is 4.74 Å². The van der Waals surface area contributed by atoms with E-state index in [9.17, 15) is 4.79 Å². The Kier molecular flexibility index (Phi) is 7.13. The first-order chi connectivity index (χ1) is 17.8. The van der Waals surface area contributed by atoms with Crippen LogP contribution >= 0.6 is 23.1 Å². The summed E-state index contributed by atoms with van der Waals surface area (Å²) in [7, 11) is 0. The van der Waals surface area contributed by atoms with Crippen LogP contribution in [-0.2, 0) is 10.5 Å². The minimum absolute atomic E-state index is 0.166. The molecule has 0 saturated heterocycles. The summed E-state index contributed by atoms with van der Waals surface area (Å²) in [6.45, 7) is 9.97. The second-order valence-corrected chi connectivity index (χ2v) is 11.2. The van der Waals surface area contributed by atoms with Gasteiger partial charge in [-0.3, -0.25) is 9.36 Å². The molecule has 6 nitrogen and oxygen atoms in total. The van der Waals surface area contributed by atoms with Gasteiger partial charge < -0.3 is 4.74 Å². The Morgan fingerprint density at radius 1 is 1.05 bits per heavy atom. The van der Waals surface area contributed by atoms with Crippen LogP contribution in [0.1, 0.15) is 43.5 Å². The predicted molar refractivity (Wildman–Crippen MR) is 151 cm³/mol. The molecule has 0 saturated carbocycles. The van der Waals surface area contributed by atoms with Crippen molar-refractivity contribution in [2.75, 3.05) is 0 Å². The molecule has 37 heavy (non-hydrogen) atoms. The van der Waals surface area contributed by atoms with Crippen molar-refractivity contribution in [2.45, 2.75) is 51.6 Å². The molecule has 0 spiro atoms. The number of benzene rings is 2. The molecule has 0 aliphatic heterocycles. The van der Waals surface area contributed by atoms with Crippen molar-refractivity contribution in [3.63, 3.8) is 0 Å². The maximum Gasteiger partial charge on any atom is 0.308 e. The van der Waals surface area contributed by atoms with Crippen LogP contribution in [0.5, 0.6) is 5.75 Å². The average molecular weight is 529 g/mol. The van der Waals surface area contributed by atoms with Gasteiger partial charge >= 0.3 is 5.97 Å². The second kappa shape index (κ2) is 10.5. The van der Waals surface area contributed by atoms with Gasteiger partial charge in [-0.2, -0.15) is 0 Å². The van der Waals surface area contributed by atoms with E-state index in [4.69, 9.17) is 14.8 Å². The highest BCUT2D eigenvalue weighted by Gasteiger charge is 2.21. The zero-order valence-corrected chi connectivity index (χ0v) is 23.1. The lowest BCUT2D eigenvalue weighted by molar-refractivity contribution is -0.131. The van der Waals surface area contributed by atoms with E-state index < -0.39 is 0 Å². The molecule has 8 heteroatoms. The Morgan fingerprint density at radius 3 is 2.49 bits per heavy atom. The zero-order valence-electron chi connectivity index (χ0n) is 21.5. The van der Waals surface area contributed by atoms with Crippen LogP contribution in [0.25, 0.3) is 32.9 Å². The maximum atomic E-state index is 11.2. The molecular weight excluding hydrogens is 500 g/mol. The third kappa shape index (κ3) is 5.31. The fraction of sp³-hybridized carbons (Fsp3) is 0.241. The molecule has 5 rings (SSSR count). The molecule has 0 fully saturated rings. The summed E-state index contributed by atoms with van der Waals surface area (Å²) in [6, 6.07) is 18.4. The zero-order chi connectivity index (χ0) is 26.1. The fourth-order valence-electron chi connectivity index (χ4n) is 4.21. The topological polar surface area (TPSA) is 69.9 Å². The van der Waals surface area contributed by atoms with Crippen LogP contribution in [0.15, 0.2) is 65.1 Å². The van der Waals surface area contributed by atoms with Gasteiger partial charge in [0.25, 0.3) is 0 Å². The van der Waals surface area contributed by atoms with Crippen LogP contribution in [0.3, 0.4) is 0 Å². The number of aromatic nitrogens is 4. The Balaban J connectivity index is 1.54. The van der Waals surface area contributed by atoms with Gasteiger partial charge in [0.1, 0.15) is 5.75 Å². The number of thiophene rings is 1. The van der Waals surface area contributed by atoms with E-state index in [1.807, 2.05) is 24.3 Å². The van der Waals surface area contributed by atoms with E-state index >= 15 is 0 Å². The third-order valence-corrected chi connectivity index (χ3v) is 8.08. The minimum atomic E-state index is -0.323. The van der Waals surface area contributed by atoms with E-state index in [0.717, 1.165) is 49.3 Å². The number of pyridine rings is 1. The summed E-state index contributed by atoms with van der Waals surface area (Å²) in [5, 5.41) is 13.3. The summed E-state index contributed by atoms with van der Waals surface area (Å²) in [5.74, 6) is 1.79. The molecule has 3 heterocycles. The van der Waals surface area contributed by atoms with Gasteiger partial charge in [0.05, 0.1) is 16.1 Å². The molecule has 0 aliphatic rings. The smallest absolute Gasteiger partial charge is 0.308 e. The number of carbonyl (C=O) groups excluding carboxylic acids is 1. The lowest BCUT2D eigenvalue weighted by Crippen LogP contribution is -2.06. The quantitative estimate of drug-likeness (QED) is 0.123. The van der Waals surface area contributed by atoms with Gasteiger partial charge in [-0.05, 0) is 86.2 Å². The van der Waals surface area contributed by atoms with Crippen LogP contribution in [0.2, 0.25) is 0 Å². The number of rotatable bonds is 7. The number of thioether (sulfide) groups is 1. The first kappa shape index (κ1) is 25.2. The van der Waals surface area contributed by atoms with Gasteiger partial charge in [0.2, 0.25) is 0 Å². The SMILES string of the molecule is CC(=O)Oc1ccc(CSc2nnc(-c3cc(-c4cccs4)nc4cc(C)c(C)cc34)n2C(C)C)cc1. The van der Waals surface area contributed by atoms with Gasteiger partial charge in [-0.25, -0.2) is 4.98 Å². The highest BCUT2D eigenvalue weighted by Crippen LogP contribution is 2.37. The molecule has 2 aromatic carbocycles. The molecule has 0 radical (unpaired) electrons.